The van der Waals surface area contributed by atoms with Crippen LogP contribution in [0.5, 0.6) is 0 Å². The zero-order valence-electron chi connectivity index (χ0n) is 9.95. The molecule has 5 nitrogen and oxygen atoms in total. The molecule has 1 aromatic rings. The molecule has 1 N–H and O–H groups in total. The number of carboxylic acid groups (broad SMARTS) is 1. The van der Waals surface area contributed by atoms with E-state index in [2.05, 4.69) is 0 Å². The van der Waals surface area contributed by atoms with Crippen LogP contribution in [-0.4, -0.2) is 33.8 Å². The maximum absolute atomic E-state index is 12.2. The van der Waals surface area contributed by atoms with Gasteiger partial charge in [0.1, 0.15) is 0 Å². The van der Waals surface area contributed by atoms with Crippen LogP contribution in [-0.2, 0) is 4.79 Å². The molecule has 1 aliphatic carbocycles. The molecule has 1 aromatic carbocycles. The maximum atomic E-state index is 12.2. The van der Waals surface area contributed by atoms with Gasteiger partial charge in [-0.05, 0) is 18.6 Å². The van der Waals surface area contributed by atoms with E-state index in [9.17, 15) is 14.4 Å². The summed E-state index contributed by atoms with van der Waals surface area (Å²) in [6, 6.07) is 6.18. The molecule has 2 atom stereocenters. The van der Waals surface area contributed by atoms with E-state index in [-0.39, 0.29) is 18.2 Å². The lowest BCUT2D eigenvalue weighted by Gasteiger charge is -2.20. The number of carboxylic acids is 1. The van der Waals surface area contributed by atoms with Gasteiger partial charge in [-0.2, -0.15) is 0 Å². The van der Waals surface area contributed by atoms with Crippen molar-refractivity contribution in [3.63, 3.8) is 0 Å². The van der Waals surface area contributed by atoms with E-state index in [4.69, 9.17) is 5.11 Å². The summed E-state index contributed by atoms with van der Waals surface area (Å²) in [5.74, 6) is -2.26. The first-order valence-corrected chi connectivity index (χ1v) is 5.97. The molecule has 0 fully saturated rings. The Bertz CT molecular complexity index is 585. The van der Waals surface area contributed by atoms with Crippen molar-refractivity contribution in [2.24, 2.45) is 5.92 Å². The number of benzene rings is 1. The van der Waals surface area contributed by atoms with Crippen LogP contribution in [0, 0.1) is 5.92 Å². The van der Waals surface area contributed by atoms with Crippen molar-refractivity contribution in [1.82, 2.24) is 4.90 Å². The van der Waals surface area contributed by atoms with Crippen LogP contribution in [0.25, 0.3) is 0 Å². The number of rotatable bonds is 2. The predicted octanol–water partition coefficient (Wildman–Crippen LogP) is 1.31. The van der Waals surface area contributed by atoms with E-state index < -0.39 is 17.9 Å². The van der Waals surface area contributed by atoms with Gasteiger partial charge in [0.15, 0.2) is 0 Å². The number of amides is 2. The van der Waals surface area contributed by atoms with Crippen LogP contribution in [0.2, 0.25) is 0 Å². The molecule has 0 spiro atoms. The lowest BCUT2D eigenvalue weighted by atomic mass is 10.1. The highest BCUT2D eigenvalue weighted by Crippen LogP contribution is 2.30. The first kappa shape index (κ1) is 11.6. The third kappa shape index (κ3) is 1.66. The van der Waals surface area contributed by atoms with Crippen LogP contribution >= 0.6 is 0 Å². The van der Waals surface area contributed by atoms with E-state index >= 15 is 0 Å². The number of aliphatic carboxylic acids is 1. The highest BCUT2D eigenvalue weighted by Gasteiger charge is 2.41. The predicted molar refractivity (Wildman–Crippen MR) is 65.6 cm³/mol. The number of hydrogen-bond donors (Lipinski definition) is 1. The molecule has 3 rings (SSSR count). The molecule has 2 unspecified atom stereocenters. The van der Waals surface area contributed by atoms with Crippen molar-refractivity contribution in [2.75, 3.05) is 0 Å². The van der Waals surface area contributed by atoms with Crippen LogP contribution in [0.1, 0.15) is 27.1 Å². The molecule has 0 saturated carbocycles. The number of hydrogen-bond acceptors (Lipinski definition) is 3. The Hall–Kier alpha value is -2.43. The van der Waals surface area contributed by atoms with E-state index in [0.717, 1.165) is 4.90 Å². The zero-order valence-corrected chi connectivity index (χ0v) is 9.95. The van der Waals surface area contributed by atoms with E-state index in [1.165, 1.54) is 6.08 Å². The molecule has 0 radical (unpaired) electrons. The maximum Gasteiger partial charge on any atom is 0.310 e. The van der Waals surface area contributed by atoms with Gasteiger partial charge in [0.25, 0.3) is 11.8 Å². The van der Waals surface area contributed by atoms with Crippen molar-refractivity contribution in [1.29, 1.82) is 0 Å². The second-order valence-electron chi connectivity index (χ2n) is 4.66. The topological polar surface area (TPSA) is 74.7 Å². The molecular formula is C14H11NO4. The van der Waals surface area contributed by atoms with Crippen molar-refractivity contribution in [3.8, 4) is 0 Å². The van der Waals surface area contributed by atoms with Gasteiger partial charge in [0.2, 0.25) is 0 Å². The van der Waals surface area contributed by atoms with Gasteiger partial charge in [-0.25, -0.2) is 0 Å². The molecule has 19 heavy (non-hydrogen) atoms. The Kier molecular flexibility index (Phi) is 2.48. The van der Waals surface area contributed by atoms with E-state index in [1.807, 2.05) is 0 Å². The molecular weight excluding hydrogens is 246 g/mol. The monoisotopic (exact) mass is 257 g/mol. The number of fused-ring (bicyclic) bond motifs is 1. The minimum absolute atomic E-state index is 0.251. The Balaban J connectivity index is 1.90. The Morgan fingerprint density at radius 3 is 2.16 bits per heavy atom. The highest BCUT2D eigenvalue weighted by atomic mass is 16.4. The number of carbonyl (C=O) groups is 3. The zero-order chi connectivity index (χ0) is 13.6. The van der Waals surface area contributed by atoms with Gasteiger partial charge in [-0.15, -0.1) is 0 Å². The van der Waals surface area contributed by atoms with Gasteiger partial charge in [-0.3, -0.25) is 19.3 Å². The van der Waals surface area contributed by atoms with Crippen LogP contribution in [0.4, 0.5) is 0 Å². The average Bonchev–Trinajstić information content (AvgIpc) is 2.96. The molecule has 1 aliphatic heterocycles. The molecule has 2 amide bonds. The molecule has 0 saturated heterocycles. The van der Waals surface area contributed by atoms with Crippen molar-refractivity contribution < 1.29 is 19.5 Å². The van der Waals surface area contributed by atoms with Gasteiger partial charge >= 0.3 is 5.97 Å². The smallest absolute Gasteiger partial charge is 0.310 e. The molecule has 5 heteroatoms. The molecule has 0 aromatic heterocycles. The van der Waals surface area contributed by atoms with Gasteiger partial charge in [-0.1, -0.05) is 24.3 Å². The fourth-order valence-electron chi connectivity index (χ4n) is 2.56. The van der Waals surface area contributed by atoms with Gasteiger partial charge < -0.3 is 5.11 Å². The number of nitrogens with zero attached hydrogens (tertiary/aromatic N) is 1. The first-order valence-electron chi connectivity index (χ1n) is 5.97. The second-order valence-corrected chi connectivity index (χ2v) is 4.66. The largest absolute Gasteiger partial charge is 0.481 e. The summed E-state index contributed by atoms with van der Waals surface area (Å²) in [4.78, 5) is 36.4. The van der Waals surface area contributed by atoms with E-state index in [1.54, 1.807) is 30.3 Å². The van der Waals surface area contributed by atoms with Crippen molar-refractivity contribution in [2.45, 2.75) is 12.5 Å². The Labute approximate surface area is 109 Å². The third-order valence-electron chi connectivity index (χ3n) is 3.54. The fourth-order valence-corrected chi connectivity index (χ4v) is 2.56. The summed E-state index contributed by atoms with van der Waals surface area (Å²) in [5.41, 5.74) is 0.777. The summed E-state index contributed by atoms with van der Waals surface area (Å²) in [6.07, 6.45) is 3.41. The van der Waals surface area contributed by atoms with Crippen LogP contribution < -0.4 is 0 Å². The third-order valence-corrected chi connectivity index (χ3v) is 3.54. The fraction of sp³-hybridized carbons (Fsp3) is 0.214. The average molecular weight is 257 g/mol. The normalized spacial score (nSPS) is 24.9. The van der Waals surface area contributed by atoms with Crippen LogP contribution in [0.3, 0.4) is 0 Å². The number of carbonyl (C=O) groups excluding carboxylic acids is 2. The molecule has 96 valence electrons. The van der Waals surface area contributed by atoms with Crippen LogP contribution in [0.15, 0.2) is 36.4 Å². The Morgan fingerprint density at radius 1 is 1.11 bits per heavy atom. The molecule has 2 aliphatic rings. The summed E-state index contributed by atoms with van der Waals surface area (Å²) >= 11 is 0. The van der Waals surface area contributed by atoms with Crippen molar-refractivity contribution >= 4 is 17.8 Å². The Morgan fingerprint density at radius 2 is 1.68 bits per heavy atom. The summed E-state index contributed by atoms with van der Waals surface area (Å²) in [5, 5.41) is 8.94. The standard InChI is InChI=1S/C14H11NO4/c16-12-10-3-1-2-4-11(10)13(17)15(12)9-6-5-8(7-9)14(18)19/h1-6,8-9H,7H2,(H,18,19). The molecule has 0 bridgehead atoms. The molecule has 1 heterocycles. The van der Waals surface area contributed by atoms with Gasteiger partial charge in [0.05, 0.1) is 23.1 Å². The minimum Gasteiger partial charge on any atom is -0.481 e. The summed E-state index contributed by atoms with van der Waals surface area (Å²) in [7, 11) is 0. The highest BCUT2D eigenvalue weighted by molar-refractivity contribution is 6.21. The minimum atomic E-state index is -0.935. The first-order chi connectivity index (χ1) is 9.09. The summed E-state index contributed by atoms with van der Waals surface area (Å²) in [6.45, 7) is 0. The SMILES string of the molecule is O=C(O)C1C=CC(N2C(=O)c3ccccc3C2=O)C1. The number of imide groups is 1. The van der Waals surface area contributed by atoms with Crippen molar-refractivity contribution in [3.05, 3.63) is 47.5 Å². The lowest BCUT2D eigenvalue weighted by Crippen LogP contribution is -2.38. The van der Waals surface area contributed by atoms with Gasteiger partial charge in [0, 0.05) is 0 Å². The lowest BCUT2D eigenvalue weighted by molar-refractivity contribution is -0.140. The second kappa shape index (κ2) is 4.05. The van der Waals surface area contributed by atoms with E-state index in [0.29, 0.717) is 11.1 Å². The quantitative estimate of drug-likeness (QED) is 0.640. The summed E-state index contributed by atoms with van der Waals surface area (Å²) < 4.78 is 0.